The van der Waals surface area contributed by atoms with Crippen LogP contribution in [0.3, 0.4) is 0 Å². The Kier molecular flexibility index (Phi) is 7.22. The number of ether oxygens (including phenoxy) is 1. The van der Waals surface area contributed by atoms with Crippen LogP contribution < -0.4 is 14.5 Å². The van der Waals surface area contributed by atoms with Crippen LogP contribution in [0.15, 0.2) is 66.8 Å². The molecule has 2 saturated heterocycles. The van der Waals surface area contributed by atoms with Crippen molar-refractivity contribution >= 4 is 40.9 Å². The molecule has 0 aromatic heterocycles. The van der Waals surface area contributed by atoms with Crippen LogP contribution in [0.25, 0.3) is 0 Å². The number of hydrogen-bond donors (Lipinski definition) is 1. The Morgan fingerprint density at radius 1 is 0.929 bits per heavy atom. The molecule has 8 nitrogen and oxygen atoms in total. The van der Waals surface area contributed by atoms with Gasteiger partial charge in [0.1, 0.15) is 11.8 Å². The summed E-state index contributed by atoms with van der Waals surface area (Å²) in [5.41, 5.74) is 3.54. The van der Waals surface area contributed by atoms with E-state index in [1.54, 1.807) is 21.6 Å². The first kappa shape index (κ1) is 28.6. The van der Waals surface area contributed by atoms with Gasteiger partial charge in [0, 0.05) is 35.8 Å². The third kappa shape index (κ3) is 4.28. The van der Waals surface area contributed by atoms with E-state index < -0.39 is 27.4 Å². The first-order chi connectivity index (χ1) is 20.1. The highest BCUT2D eigenvalue weighted by atomic mass is 32.2. The van der Waals surface area contributed by atoms with Gasteiger partial charge in [0.15, 0.2) is 0 Å². The summed E-state index contributed by atoms with van der Waals surface area (Å²) in [7, 11) is 0. The van der Waals surface area contributed by atoms with Gasteiger partial charge >= 0.3 is 0 Å². The number of nitrogens with zero attached hydrogens (tertiary/aromatic N) is 3. The fourth-order valence-corrected chi connectivity index (χ4v) is 9.37. The van der Waals surface area contributed by atoms with Crippen molar-refractivity contribution in [3.63, 3.8) is 0 Å². The first-order valence-electron chi connectivity index (χ1n) is 14.5. The molecule has 2 fully saturated rings. The summed E-state index contributed by atoms with van der Waals surface area (Å²) in [5.74, 6) is -1.32. The first-order valence-corrected chi connectivity index (χ1v) is 15.4. The van der Waals surface area contributed by atoms with Gasteiger partial charge < -0.3 is 24.5 Å². The van der Waals surface area contributed by atoms with Crippen LogP contribution in [0, 0.1) is 25.7 Å². The molecular weight excluding hydrogens is 550 g/mol. The molecule has 0 bridgehead atoms. The van der Waals surface area contributed by atoms with E-state index in [-0.39, 0.29) is 30.9 Å². The zero-order valence-electron chi connectivity index (χ0n) is 24.4. The number of rotatable bonds is 6. The van der Waals surface area contributed by atoms with Gasteiger partial charge in [-0.25, -0.2) is 0 Å². The van der Waals surface area contributed by atoms with E-state index in [1.165, 1.54) is 4.90 Å². The summed E-state index contributed by atoms with van der Waals surface area (Å²) in [4.78, 5) is 48.4. The monoisotopic (exact) mass is 587 g/mol. The lowest BCUT2D eigenvalue weighted by Gasteiger charge is -2.37. The second kappa shape index (κ2) is 10.6. The van der Waals surface area contributed by atoms with Crippen LogP contribution in [0.2, 0.25) is 0 Å². The summed E-state index contributed by atoms with van der Waals surface area (Å²) >= 11 is 1.54. The number of aliphatic hydroxyl groups is 1. The molecule has 2 aromatic carbocycles. The predicted octanol–water partition coefficient (Wildman–Crippen LogP) is 3.89. The Hall–Kier alpha value is -3.56. The van der Waals surface area contributed by atoms with E-state index in [4.69, 9.17) is 4.74 Å². The molecule has 0 radical (unpaired) electrons. The van der Waals surface area contributed by atoms with Crippen LogP contribution in [-0.4, -0.2) is 76.1 Å². The molecule has 6 rings (SSSR count). The SMILES string of the molecule is CCOc1ccc(N2CC=C[C@@]3(C)S[C@]45C=CCN(c6cc(C)ccc6C)C(=O)C4N(CCO)C(=O)[C@@H]5[C@H]3C2=O)cc1. The normalized spacial score (nSPS) is 30.3. The summed E-state index contributed by atoms with van der Waals surface area (Å²) in [5, 5.41) is 10.0. The number of β-amino-alcohol motifs (C(OH)–C–C–N with tert-alkyl or cyclic N) is 1. The van der Waals surface area contributed by atoms with E-state index in [0.717, 1.165) is 28.3 Å². The van der Waals surface area contributed by atoms with Gasteiger partial charge in [0.25, 0.3) is 5.91 Å². The Balaban J connectivity index is 1.43. The second-order valence-corrected chi connectivity index (χ2v) is 13.5. The minimum Gasteiger partial charge on any atom is -0.494 e. The van der Waals surface area contributed by atoms with Crippen LogP contribution in [0.5, 0.6) is 5.75 Å². The minimum atomic E-state index is -0.961. The minimum absolute atomic E-state index is 0.0264. The molecule has 5 atom stereocenters. The Bertz CT molecular complexity index is 1490. The zero-order chi connectivity index (χ0) is 29.8. The van der Waals surface area contributed by atoms with E-state index in [2.05, 4.69) is 0 Å². The van der Waals surface area contributed by atoms with Crippen molar-refractivity contribution in [2.75, 3.05) is 42.6 Å². The van der Waals surface area contributed by atoms with Crippen LogP contribution in [0.1, 0.15) is 25.0 Å². The van der Waals surface area contributed by atoms with Crippen molar-refractivity contribution in [1.29, 1.82) is 0 Å². The molecule has 220 valence electrons. The van der Waals surface area contributed by atoms with Gasteiger partial charge in [-0.1, -0.05) is 36.4 Å². The summed E-state index contributed by atoms with van der Waals surface area (Å²) < 4.78 is 3.92. The fourth-order valence-electron chi connectivity index (χ4n) is 7.22. The molecule has 4 aliphatic rings. The predicted molar refractivity (Wildman–Crippen MR) is 165 cm³/mol. The van der Waals surface area contributed by atoms with E-state index in [1.807, 2.05) is 94.5 Å². The highest BCUT2D eigenvalue weighted by molar-refractivity contribution is 8.02. The number of carbonyl (C=O) groups is 3. The average molecular weight is 588 g/mol. The molecule has 42 heavy (non-hydrogen) atoms. The van der Waals surface area contributed by atoms with Gasteiger partial charge in [-0.2, -0.15) is 0 Å². The highest BCUT2D eigenvalue weighted by Crippen LogP contribution is 2.65. The molecule has 4 aliphatic heterocycles. The molecule has 0 aliphatic carbocycles. The van der Waals surface area contributed by atoms with Gasteiger partial charge in [-0.15, -0.1) is 11.8 Å². The zero-order valence-corrected chi connectivity index (χ0v) is 25.3. The number of aryl methyl sites for hydroxylation is 2. The lowest BCUT2D eigenvalue weighted by Crippen LogP contribution is -2.54. The maximum atomic E-state index is 14.6. The molecule has 1 N–H and O–H groups in total. The standard InChI is InChI=1S/C33H37N3O5S/c1-5-41-24-12-10-23(11-13-24)34-16-6-14-32(4)26(29(34)38)27-30(39)36(18-19-37)28-31(40)35(17-7-15-33(27,28)42-32)25-20-21(2)8-9-22(25)3/h6-15,20,26-28,37H,5,16-19H2,1-4H3/t26-,27-,28?,32+,33-/m0/s1. The molecule has 0 saturated carbocycles. The largest absolute Gasteiger partial charge is 0.494 e. The molecule has 3 amide bonds. The molecule has 1 spiro atoms. The molecule has 1 unspecified atom stereocenters. The number of hydrogen-bond acceptors (Lipinski definition) is 6. The lowest BCUT2D eigenvalue weighted by atomic mass is 9.74. The Morgan fingerprint density at radius 3 is 2.36 bits per heavy atom. The number of benzene rings is 2. The van der Waals surface area contributed by atoms with E-state index >= 15 is 0 Å². The van der Waals surface area contributed by atoms with Crippen LogP contribution >= 0.6 is 11.8 Å². The van der Waals surface area contributed by atoms with Gasteiger partial charge in [-0.3, -0.25) is 14.4 Å². The number of thioether (sulfide) groups is 1. The Labute approximate surface area is 251 Å². The van der Waals surface area contributed by atoms with Gasteiger partial charge in [0.2, 0.25) is 11.8 Å². The third-order valence-corrected chi connectivity index (χ3v) is 10.8. The number of aliphatic hydroxyl groups excluding tert-OH is 1. The number of carbonyl (C=O) groups excluding carboxylic acids is 3. The fraction of sp³-hybridized carbons (Fsp3) is 0.424. The Morgan fingerprint density at radius 2 is 1.64 bits per heavy atom. The maximum Gasteiger partial charge on any atom is 0.251 e. The van der Waals surface area contributed by atoms with Crippen LogP contribution in [-0.2, 0) is 14.4 Å². The highest BCUT2D eigenvalue weighted by Gasteiger charge is 2.74. The maximum absolute atomic E-state index is 14.6. The summed E-state index contributed by atoms with van der Waals surface area (Å²) in [6, 6.07) is 12.6. The smallest absolute Gasteiger partial charge is 0.251 e. The molecular formula is C33H37N3O5S. The van der Waals surface area contributed by atoms with E-state index in [0.29, 0.717) is 19.7 Å². The van der Waals surface area contributed by atoms with Crippen LogP contribution in [0.4, 0.5) is 11.4 Å². The topological polar surface area (TPSA) is 90.4 Å². The number of likely N-dealkylation sites (tertiary alicyclic amines) is 1. The average Bonchev–Trinajstić information content (AvgIpc) is 3.22. The van der Waals surface area contributed by atoms with Crippen molar-refractivity contribution in [3.05, 3.63) is 77.9 Å². The number of amides is 3. The van der Waals surface area contributed by atoms with Gasteiger partial charge in [0.05, 0.1) is 29.8 Å². The number of anilines is 2. The van der Waals surface area contributed by atoms with Crippen molar-refractivity contribution in [2.24, 2.45) is 11.8 Å². The second-order valence-electron chi connectivity index (χ2n) is 11.7. The lowest BCUT2D eigenvalue weighted by molar-refractivity contribution is -0.139. The van der Waals surface area contributed by atoms with Gasteiger partial charge in [-0.05, 0) is 69.2 Å². The summed E-state index contributed by atoms with van der Waals surface area (Å²) in [6.45, 7) is 8.94. The third-order valence-electron chi connectivity index (χ3n) is 9.01. The van der Waals surface area contributed by atoms with Crippen molar-refractivity contribution in [1.82, 2.24) is 4.90 Å². The summed E-state index contributed by atoms with van der Waals surface area (Å²) in [6.07, 6.45) is 8.03. The quantitative estimate of drug-likeness (QED) is 0.516. The molecule has 2 aromatic rings. The molecule has 9 heteroatoms. The van der Waals surface area contributed by atoms with E-state index in [9.17, 15) is 19.5 Å². The van der Waals surface area contributed by atoms with Crippen molar-refractivity contribution in [2.45, 2.75) is 43.2 Å². The molecule has 4 heterocycles. The number of fused-ring (bicyclic) bond motifs is 2. The van der Waals surface area contributed by atoms with Crippen molar-refractivity contribution < 1.29 is 24.2 Å². The van der Waals surface area contributed by atoms with Crippen molar-refractivity contribution in [3.8, 4) is 5.75 Å².